The summed E-state index contributed by atoms with van der Waals surface area (Å²) in [6.45, 7) is 2.09. The molecular formula is C19H20O. The zero-order valence-electron chi connectivity index (χ0n) is 11.9. The van der Waals surface area contributed by atoms with E-state index in [9.17, 15) is 4.79 Å². The summed E-state index contributed by atoms with van der Waals surface area (Å²) in [6.07, 6.45) is 9.25. The van der Waals surface area contributed by atoms with Crippen molar-refractivity contribution in [2.24, 2.45) is 17.8 Å². The summed E-state index contributed by atoms with van der Waals surface area (Å²) in [7, 11) is 0. The van der Waals surface area contributed by atoms with Crippen LogP contribution in [0.15, 0.2) is 42.0 Å². The molecule has 102 valence electrons. The van der Waals surface area contributed by atoms with Crippen molar-refractivity contribution in [1.82, 2.24) is 0 Å². The maximum Gasteiger partial charge on any atom is 0.170 e. The zero-order chi connectivity index (χ0) is 13.7. The van der Waals surface area contributed by atoms with Crippen LogP contribution in [0.1, 0.15) is 36.8 Å². The van der Waals surface area contributed by atoms with Gasteiger partial charge in [0.2, 0.25) is 0 Å². The Morgan fingerprint density at radius 3 is 2.75 bits per heavy atom. The molecule has 1 fully saturated rings. The van der Waals surface area contributed by atoms with Gasteiger partial charge in [0.1, 0.15) is 0 Å². The van der Waals surface area contributed by atoms with E-state index >= 15 is 0 Å². The summed E-state index contributed by atoms with van der Waals surface area (Å²) in [5, 5.41) is 0. The van der Waals surface area contributed by atoms with E-state index in [0.29, 0.717) is 17.6 Å². The number of aryl methyl sites for hydroxylation is 1. The predicted molar refractivity (Wildman–Crippen MR) is 81.2 cm³/mol. The second-order valence-electron chi connectivity index (χ2n) is 6.50. The Hall–Kier alpha value is -1.63. The second kappa shape index (κ2) is 4.44. The average molecular weight is 264 g/mol. The maximum absolute atomic E-state index is 12.9. The van der Waals surface area contributed by atoms with E-state index in [-0.39, 0.29) is 5.92 Å². The van der Waals surface area contributed by atoms with Crippen LogP contribution in [0.4, 0.5) is 0 Å². The Balaban J connectivity index is 1.85. The molecule has 0 unspecified atom stereocenters. The molecule has 0 aliphatic heterocycles. The summed E-state index contributed by atoms with van der Waals surface area (Å²) < 4.78 is 0. The highest BCUT2D eigenvalue weighted by Gasteiger charge is 2.46. The molecule has 3 aliphatic rings. The van der Waals surface area contributed by atoms with Crippen LogP contribution in [0, 0.1) is 24.7 Å². The molecule has 1 heteroatoms. The van der Waals surface area contributed by atoms with Gasteiger partial charge in [-0.3, -0.25) is 4.79 Å². The third-order valence-electron chi connectivity index (χ3n) is 5.31. The number of ketones is 1. The molecule has 3 aliphatic carbocycles. The lowest BCUT2D eigenvalue weighted by Crippen LogP contribution is -2.29. The fourth-order valence-corrected chi connectivity index (χ4v) is 4.39. The first kappa shape index (κ1) is 12.1. The van der Waals surface area contributed by atoms with Crippen LogP contribution in [0.3, 0.4) is 0 Å². The fraction of sp³-hybridized carbons (Fsp3) is 0.421. The highest BCUT2D eigenvalue weighted by Crippen LogP contribution is 2.52. The number of rotatable bonds is 1. The van der Waals surface area contributed by atoms with Gasteiger partial charge in [-0.2, -0.15) is 0 Å². The molecule has 0 bridgehead atoms. The first-order valence-electron chi connectivity index (χ1n) is 7.76. The predicted octanol–water partition coefficient (Wildman–Crippen LogP) is 4.32. The van der Waals surface area contributed by atoms with E-state index in [1.54, 1.807) is 0 Å². The summed E-state index contributed by atoms with van der Waals surface area (Å²) in [4.78, 5) is 12.9. The minimum Gasteiger partial charge on any atom is -0.293 e. The van der Waals surface area contributed by atoms with Gasteiger partial charge >= 0.3 is 0 Å². The number of carbonyl (C=O) groups excluding carboxylic acids is 1. The van der Waals surface area contributed by atoms with E-state index in [0.717, 1.165) is 17.6 Å². The standard InChI is InChI=1S/C19H20O/c1-12-8-10-14(11-9-12)18-15-6-2-4-13-5-3-7-16(17(13)15)19(18)20/h3,7-11,13,16-17H,2,4-6H2,1H3/t13-,16+,17+/m1/s1. The van der Waals surface area contributed by atoms with Gasteiger partial charge in [0.25, 0.3) is 0 Å². The molecule has 4 rings (SSSR count). The monoisotopic (exact) mass is 264 g/mol. The smallest absolute Gasteiger partial charge is 0.170 e. The van der Waals surface area contributed by atoms with Crippen molar-refractivity contribution in [1.29, 1.82) is 0 Å². The van der Waals surface area contributed by atoms with Gasteiger partial charge in [0.15, 0.2) is 5.78 Å². The summed E-state index contributed by atoms with van der Waals surface area (Å²) >= 11 is 0. The van der Waals surface area contributed by atoms with Crippen LogP contribution in [0.5, 0.6) is 0 Å². The molecule has 0 aromatic heterocycles. The van der Waals surface area contributed by atoms with Crippen LogP contribution in [-0.2, 0) is 4.79 Å². The van der Waals surface area contributed by atoms with Gasteiger partial charge in [0.05, 0.1) is 0 Å². The van der Waals surface area contributed by atoms with Gasteiger partial charge in [-0.25, -0.2) is 0 Å². The number of hydrogen-bond donors (Lipinski definition) is 0. The van der Waals surface area contributed by atoms with Crippen molar-refractivity contribution in [3.63, 3.8) is 0 Å². The fourth-order valence-electron chi connectivity index (χ4n) is 4.39. The maximum atomic E-state index is 12.9. The quantitative estimate of drug-likeness (QED) is 0.690. The Kier molecular flexibility index (Phi) is 2.70. The van der Waals surface area contributed by atoms with Crippen molar-refractivity contribution in [3.8, 4) is 0 Å². The van der Waals surface area contributed by atoms with Crippen LogP contribution in [0.25, 0.3) is 5.57 Å². The number of benzene rings is 1. The van der Waals surface area contributed by atoms with Gasteiger partial charge in [0, 0.05) is 11.5 Å². The van der Waals surface area contributed by atoms with Crippen molar-refractivity contribution in [2.45, 2.75) is 32.6 Å². The van der Waals surface area contributed by atoms with E-state index in [4.69, 9.17) is 0 Å². The first-order chi connectivity index (χ1) is 9.75. The lowest BCUT2D eigenvalue weighted by Gasteiger charge is -2.35. The summed E-state index contributed by atoms with van der Waals surface area (Å²) in [5.41, 5.74) is 4.91. The van der Waals surface area contributed by atoms with Gasteiger partial charge in [-0.1, -0.05) is 47.6 Å². The van der Waals surface area contributed by atoms with Gasteiger partial charge in [-0.05, 0) is 50.0 Å². The molecule has 0 heterocycles. The normalized spacial score (nSPS) is 31.6. The molecule has 0 saturated heterocycles. The highest BCUT2D eigenvalue weighted by atomic mass is 16.1. The van der Waals surface area contributed by atoms with Crippen molar-refractivity contribution in [2.75, 3.05) is 0 Å². The molecule has 0 N–H and O–H groups in total. The van der Waals surface area contributed by atoms with E-state index < -0.39 is 0 Å². The topological polar surface area (TPSA) is 17.1 Å². The largest absolute Gasteiger partial charge is 0.293 e. The number of hydrogen-bond acceptors (Lipinski definition) is 1. The number of Topliss-reactive ketones (excluding diaryl/α,β-unsaturated/α-hetero) is 1. The van der Waals surface area contributed by atoms with Crippen LogP contribution >= 0.6 is 0 Å². The Morgan fingerprint density at radius 2 is 1.95 bits per heavy atom. The third-order valence-corrected chi connectivity index (χ3v) is 5.31. The average Bonchev–Trinajstić information content (AvgIpc) is 2.76. The molecular weight excluding hydrogens is 244 g/mol. The van der Waals surface area contributed by atoms with Crippen LogP contribution in [-0.4, -0.2) is 5.78 Å². The Labute approximate surface area is 120 Å². The Morgan fingerprint density at radius 1 is 1.15 bits per heavy atom. The van der Waals surface area contributed by atoms with Crippen LogP contribution in [0.2, 0.25) is 0 Å². The molecule has 0 radical (unpaired) electrons. The lowest BCUT2D eigenvalue weighted by molar-refractivity contribution is -0.116. The van der Waals surface area contributed by atoms with Crippen molar-refractivity contribution >= 4 is 11.4 Å². The summed E-state index contributed by atoms with van der Waals surface area (Å²) in [5.74, 6) is 1.73. The van der Waals surface area contributed by atoms with Gasteiger partial charge < -0.3 is 0 Å². The second-order valence-corrected chi connectivity index (χ2v) is 6.50. The number of allylic oxidation sites excluding steroid dienone is 4. The molecule has 20 heavy (non-hydrogen) atoms. The van der Waals surface area contributed by atoms with Crippen molar-refractivity contribution < 1.29 is 4.79 Å². The van der Waals surface area contributed by atoms with Crippen molar-refractivity contribution in [3.05, 3.63) is 53.1 Å². The van der Waals surface area contributed by atoms with E-state index in [2.05, 4.69) is 43.3 Å². The minimum atomic E-state index is 0.139. The third kappa shape index (κ3) is 1.65. The minimum absolute atomic E-state index is 0.139. The molecule has 1 aromatic carbocycles. The molecule has 3 atom stereocenters. The molecule has 0 spiro atoms. The highest BCUT2D eigenvalue weighted by molar-refractivity contribution is 6.26. The molecule has 1 nitrogen and oxygen atoms in total. The molecule has 0 amide bonds. The lowest BCUT2D eigenvalue weighted by atomic mass is 9.68. The van der Waals surface area contributed by atoms with Crippen LogP contribution < -0.4 is 0 Å². The van der Waals surface area contributed by atoms with Gasteiger partial charge in [-0.15, -0.1) is 0 Å². The first-order valence-corrected chi connectivity index (χ1v) is 7.76. The SMILES string of the molecule is Cc1ccc(C2=C3CCC[C@@H]4CC=C[C@H](C2=O)[C@H]34)cc1. The zero-order valence-corrected chi connectivity index (χ0v) is 11.9. The number of carbonyl (C=O) groups is 1. The van der Waals surface area contributed by atoms with E-state index in [1.165, 1.54) is 30.4 Å². The van der Waals surface area contributed by atoms with E-state index in [1.807, 2.05) is 0 Å². The summed E-state index contributed by atoms with van der Waals surface area (Å²) in [6, 6.07) is 8.49. The molecule has 1 saturated carbocycles. The Bertz CT molecular complexity index is 618. The molecule has 1 aromatic rings.